The number of ether oxygens (including phenoxy) is 1. The molecule has 1 rings (SSSR count). The Kier molecular flexibility index (Phi) is 4.11. The summed E-state index contributed by atoms with van der Waals surface area (Å²) in [6.45, 7) is 5.24. The van der Waals surface area contributed by atoms with E-state index in [4.69, 9.17) is 10.5 Å². The summed E-state index contributed by atoms with van der Waals surface area (Å²) in [4.78, 5) is 0. The number of nitrogens with two attached hydrogens (primary N) is 1. The molecule has 0 spiro atoms. The van der Waals surface area contributed by atoms with E-state index < -0.39 is 15.6 Å². The van der Waals surface area contributed by atoms with Crippen molar-refractivity contribution in [3.63, 3.8) is 0 Å². The lowest BCUT2D eigenvalue weighted by Crippen LogP contribution is -2.57. The van der Waals surface area contributed by atoms with Gasteiger partial charge in [-0.1, -0.05) is 6.92 Å². The standard InChI is InChI=1S/C9H20N2O3S/c1-3-9(7-10)8-11(5-6-14-9)15(12,13)4-2/h3-8,10H2,1-2H3. The van der Waals surface area contributed by atoms with Crippen LogP contribution in [0.2, 0.25) is 0 Å². The molecule has 1 atom stereocenters. The molecule has 1 heterocycles. The van der Waals surface area contributed by atoms with E-state index in [2.05, 4.69) is 0 Å². The quantitative estimate of drug-likeness (QED) is 0.732. The van der Waals surface area contributed by atoms with Crippen LogP contribution >= 0.6 is 0 Å². The van der Waals surface area contributed by atoms with Crippen molar-refractivity contribution < 1.29 is 13.2 Å². The van der Waals surface area contributed by atoms with Gasteiger partial charge in [-0.25, -0.2) is 8.42 Å². The molecule has 0 radical (unpaired) electrons. The van der Waals surface area contributed by atoms with E-state index in [0.717, 1.165) is 6.42 Å². The van der Waals surface area contributed by atoms with Gasteiger partial charge in [-0.2, -0.15) is 4.31 Å². The van der Waals surface area contributed by atoms with Gasteiger partial charge in [0.15, 0.2) is 0 Å². The van der Waals surface area contributed by atoms with Gasteiger partial charge in [-0.15, -0.1) is 0 Å². The van der Waals surface area contributed by atoms with Crippen LogP contribution in [0.5, 0.6) is 0 Å². The number of nitrogens with zero attached hydrogens (tertiary/aromatic N) is 1. The highest BCUT2D eigenvalue weighted by atomic mass is 32.2. The lowest BCUT2D eigenvalue weighted by molar-refractivity contribution is -0.0848. The summed E-state index contributed by atoms with van der Waals surface area (Å²) in [6.07, 6.45) is 0.735. The van der Waals surface area contributed by atoms with Gasteiger partial charge < -0.3 is 10.5 Å². The van der Waals surface area contributed by atoms with Crippen LogP contribution in [0.25, 0.3) is 0 Å². The van der Waals surface area contributed by atoms with Crippen LogP contribution in [0, 0.1) is 0 Å². The van der Waals surface area contributed by atoms with Crippen LogP contribution in [0.3, 0.4) is 0 Å². The largest absolute Gasteiger partial charge is 0.371 e. The normalized spacial score (nSPS) is 29.3. The Hall–Kier alpha value is -0.170. The fourth-order valence-electron chi connectivity index (χ4n) is 1.71. The minimum atomic E-state index is -3.11. The SMILES string of the molecule is CCC1(CN)CN(S(=O)(=O)CC)CCO1. The van der Waals surface area contributed by atoms with Gasteiger partial charge in [0.1, 0.15) is 0 Å². The Morgan fingerprint density at radius 2 is 2.13 bits per heavy atom. The first-order valence-corrected chi connectivity index (χ1v) is 6.92. The fraction of sp³-hybridized carbons (Fsp3) is 1.00. The maximum Gasteiger partial charge on any atom is 0.214 e. The zero-order valence-corrected chi connectivity index (χ0v) is 10.2. The number of morpholine rings is 1. The number of hydrogen-bond donors (Lipinski definition) is 1. The summed E-state index contributed by atoms with van der Waals surface area (Å²) in [5.74, 6) is 0.136. The molecule has 0 saturated carbocycles. The third kappa shape index (κ3) is 2.69. The smallest absolute Gasteiger partial charge is 0.214 e. The molecule has 1 aliphatic heterocycles. The first-order chi connectivity index (χ1) is 6.99. The second-order valence-electron chi connectivity index (χ2n) is 3.82. The Balaban J connectivity index is 2.80. The first kappa shape index (κ1) is 12.9. The molecule has 0 aliphatic carbocycles. The monoisotopic (exact) mass is 236 g/mol. The van der Waals surface area contributed by atoms with Gasteiger partial charge in [0.25, 0.3) is 0 Å². The highest BCUT2D eigenvalue weighted by molar-refractivity contribution is 7.89. The van der Waals surface area contributed by atoms with Crippen LogP contribution in [0.1, 0.15) is 20.3 Å². The summed E-state index contributed by atoms with van der Waals surface area (Å²) < 4.78 is 30.5. The van der Waals surface area contributed by atoms with Crippen LogP contribution in [-0.2, 0) is 14.8 Å². The van der Waals surface area contributed by atoms with Crippen molar-refractivity contribution >= 4 is 10.0 Å². The molecule has 1 aliphatic rings. The summed E-state index contributed by atoms with van der Waals surface area (Å²) in [7, 11) is -3.11. The van der Waals surface area contributed by atoms with Crippen LogP contribution in [0.4, 0.5) is 0 Å². The molecule has 90 valence electrons. The minimum absolute atomic E-state index is 0.136. The highest BCUT2D eigenvalue weighted by Gasteiger charge is 2.37. The molecule has 0 aromatic carbocycles. The van der Waals surface area contributed by atoms with E-state index in [1.165, 1.54) is 4.31 Å². The number of rotatable bonds is 4. The maximum absolute atomic E-state index is 11.7. The molecule has 0 aromatic rings. The van der Waals surface area contributed by atoms with Crippen LogP contribution in [-0.4, -0.2) is 50.3 Å². The van der Waals surface area contributed by atoms with Crippen LogP contribution < -0.4 is 5.73 Å². The molecule has 0 bridgehead atoms. The molecule has 5 nitrogen and oxygen atoms in total. The molecular formula is C9H20N2O3S. The Morgan fingerprint density at radius 3 is 2.60 bits per heavy atom. The summed E-state index contributed by atoms with van der Waals surface area (Å²) in [6, 6.07) is 0. The lowest BCUT2D eigenvalue weighted by atomic mass is 10.00. The van der Waals surface area contributed by atoms with Crippen molar-refractivity contribution in [1.82, 2.24) is 4.31 Å². The number of sulfonamides is 1. The molecule has 0 amide bonds. The molecule has 1 saturated heterocycles. The molecule has 1 fully saturated rings. The van der Waals surface area contributed by atoms with E-state index in [1.807, 2.05) is 6.92 Å². The van der Waals surface area contributed by atoms with E-state index in [0.29, 0.717) is 26.2 Å². The van der Waals surface area contributed by atoms with Gasteiger partial charge in [0.05, 0.1) is 18.0 Å². The van der Waals surface area contributed by atoms with Gasteiger partial charge >= 0.3 is 0 Å². The summed E-state index contributed by atoms with van der Waals surface area (Å²) >= 11 is 0. The van der Waals surface area contributed by atoms with Gasteiger partial charge in [-0.05, 0) is 13.3 Å². The fourth-order valence-corrected chi connectivity index (χ4v) is 2.86. The van der Waals surface area contributed by atoms with Crippen molar-refractivity contribution in [2.45, 2.75) is 25.9 Å². The van der Waals surface area contributed by atoms with E-state index >= 15 is 0 Å². The topological polar surface area (TPSA) is 72.6 Å². The third-order valence-corrected chi connectivity index (χ3v) is 4.82. The van der Waals surface area contributed by atoms with Crippen molar-refractivity contribution in [3.05, 3.63) is 0 Å². The Bertz CT molecular complexity index is 298. The van der Waals surface area contributed by atoms with Crippen molar-refractivity contribution in [1.29, 1.82) is 0 Å². The van der Waals surface area contributed by atoms with Gasteiger partial charge in [-0.3, -0.25) is 0 Å². The predicted molar refractivity (Wildman–Crippen MR) is 59.1 cm³/mol. The second kappa shape index (κ2) is 4.78. The Morgan fingerprint density at radius 1 is 1.47 bits per heavy atom. The molecule has 1 unspecified atom stereocenters. The zero-order valence-electron chi connectivity index (χ0n) is 9.40. The second-order valence-corrected chi connectivity index (χ2v) is 6.08. The predicted octanol–water partition coefficient (Wildman–Crippen LogP) is -0.224. The summed E-state index contributed by atoms with van der Waals surface area (Å²) in [5, 5.41) is 0. The highest BCUT2D eigenvalue weighted by Crippen LogP contribution is 2.22. The molecular weight excluding hydrogens is 216 g/mol. The van der Waals surface area contributed by atoms with Gasteiger partial charge in [0, 0.05) is 19.6 Å². The summed E-state index contributed by atoms with van der Waals surface area (Å²) in [5.41, 5.74) is 5.16. The zero-order chi connectivity index (χ0) is 11.5. The van der Waals surface area contributed by atoms with Crippen molar-refractivity contribution in [3.8, 4) is 0 Å². The first-order valence-electron chi connectivity index (χ1n) is 5.31. The van der Waals surface area contributed by atoms with E-state index in [9.17, 15) is 8.42 Å². The maximum atomic E-state index is 11.7. The molecule has 0 aromatic heterocycles. The average molecular weight is 236 g/mol. The molecule has 15 heavy (non-hydrogen) atoms. The van der Waals surface area contributed by atoms with Crippen molar-refractivity contribution in [2.75, 3.05) is 32.0 Å². The minimum Gasteiger partial charge on any atom is -0.371 e. The number of hydrogen-bond acceptors (Lipinski definition) is 4. The average Bonchev–Trinajstić information content (AvgIpc) is 2.29. The lowest BCUT2D eigenvalue weighted by Gasteiger charge is -2.40. The third-order valence-electron chi connectivity index (χ3n) is 2.99. The molecule has 2 N–H and O–H groups in total. The van der Waals surface area contributed by atoms with Gasteiger partial charge in [0.2, 0.25) is 10.0 Å². The Labute approximate surface area is 91.6 Å². The van der Waals surface area contributed by atoms with E-state index in [1.54, 1.807) is 6.92 Å². The van der Waals surface area contributed by atoms with E-state index in [-0.39, 0.29) is 5.75 Å². The van der Waals surface area contributed by atoms with Crippen molar-refractivity contribution in [2.24, 2.45) is 5.73 Å². The molecule has 6 heteroatoms. The van der Waals surface area contributed by atoms with Crippen LogP contribution in [0.15, 0.2) is 0 Å².